The molecule has 0 atom stereocenters. The van der Waals surface area contributed by atoms with E-state index in [2.05, 4.69) is 49.8 Å². The van der Waals surface area contributed by atoms with Crippen LogP contribution in [-0.4, -0.2) is 32.4 Å². The van der Waals surface area contributed by atoms with E-state index in [0.29, 0.717) is 4.90 Å². The quantitative estimate of drug-likeness (QED) is 0.798. The van der Waals surface area contributed by atoms with Crippen LogP contribution in [0.25, 0.3) is 0 Å². The fourth-order valence-corrected chi connectivity index (χ4v) is 5.29. The molecule has 1 N–H and O–H groups in total. The maximum Gasteiger partial charge on any atom is 0.241 e. The van der Waals surface area contributed by atoms with E-state index >= 15 is 0 Å². The molecule has 2 aromatic rings. The number of likely N-dealkylation sites (tertiary alicyclic amines) is 1. The summed E-state index contributed by atoms with van der Waals surface area (Å²) in [4.78, 5) is 2.73. The number of halogens is 1. The van der Waals surface area contributed by atoms with E-state index in [-0.39, 0.29) is 6.04 Å². The first-order valence-electron chi connectivity index (χ1n) is 8.49. The van der Waals surface area contributed by atoms with Crippen molar-refractivity contribution in [1.82, 2.24) is 9.62 Å². The Balaban J connectivity index is 1.59. The molecule has 134 valence electrons. The van der Waals surface area contributed by atoms with Gasteiger partial charge in [0.15, 0.2) is 0 Å². The fourth-order valence-electron chi connectivity index (χ4n) is 3.20. The van der Waals surface area contributed by atoms with E-state index in [1.54, 1.807) is 6.07 Å². The number of hydrogen-bond acceptors (Lipinski definition) is 3. The Morgan fingerprint density at radius 2 is 1.80 bits per heavy atom. The van der Waals surface area contributed by atoms with Crippen molar-refractivity contribution in [3.63, 3.8) is 0 Å². The van der Waals surface area contributed by atoms with Crippen molar-refractivity contribution in [3.05, 3.63) is 64.1 Å². The van der Waals surface area contributed by atoms with Crippen LogP contribution in [0.15, 0.2) is 57.9 Å². The molecule has 3 rings (SSSR count). The first-order valence-corrected chi connectivity index (χ1v) is 10.8. The average Bonchev–Trinajstić information content (AvgIpc) is 2.59. The predicted octanol–water partition coefficient (Wildman–Crippen LogP) is 3.70. The molecule has 0 saturated carbocycles. The summed E-state index contributed by atoms with van der Waals surface area (Å²) in [5.41, 5.74) is 2.06. The molecule has 1 aliphatic rings. The monoisotopic (exact) mass is 422 g/mol. The van der Waals surface area contributed by atoms with Gasteiger partial charge in [-0.2, -0.15) is 0 Å². The van der Waals surface area contributed by atoms with Crippen molar-refractivity contribution in [2.45, 2.75) is 37.2 Å². The second-order valence-corrected chi connectivity index (χ2v) is 9.17. The van der Waals surface area contributed by atoms with Crippen LogP contribution in [0.4, 0.5) is 0 Å². The third-order valence-electron chi connectivity index (χ3n) is 4.60. The zero-order valence-corrected chi connectivity index (χ0v) is 16.7. The van der Waals surface area contributed by atoms with Crippen LogP contribution in [-0.2, 0) is 16.6 Å². The number of sulfonamides is 1. The predicted molar refractivity (Wildman–Crippen MR) is 104 cm³/mol. The molecule has 0 spiro atoms. The highest BCUT2D eigenvalue weighted by molar-refractivity contribution is 9.10. The van der Waals surface area contributed by atoms with E-state index < -0.39 is 10.0 Å². The largest absolute Gasteiger partial charge is 0.299 e. The molecule has 1 aliphatic heterocycles. The van der Waals surface area contributed by atoms with Gasteiger partial charge in [-0.15, -0.1) is 0 Å². The van der Waals surface area contributed by atoms with Gasteiger partial charge in [-0.05, 0) is 43.0 Å². The molecule has 1 fully saturated rings. The second kappa shape index (κ2) is 7.99. The van der Waals surface area contributed by atoms with Gasteiger partial charge in [-0.1, -0.05) is 52.3 Å². The van der Waals surface area contributed by atoms with E-state index in [0.717, 1.165) is 42.5 Å². The van der Waals surface area contributed by atoms with E-state index in [4.69, 9.17) is 0 Å². The lowest BCUT2D eigenvalue weighted by Gasteiger charge is -2.32. The SMILES string of the molecule is Cc1ccc(Br)cc1S(=O)(=O)NC1CCN(Cc2ccccc2)CC1. The summed E-state index contributed by atoms with van der Waals surface area (Å²) < 4.78 is 29.1. The van der Waals surface area contributed by atoms with Crippen LogP contribution in [0.3, 0.4) is 0 Å². The summed E-state index contributed by atoms with van der Waals surface area (Å²) in [7, 11) is -3.49. The van der Waals surface area contributed by atoms with Crippen molar-refractivity contribution < 1.29 is 8.42 Å². The number of aryl methyl sites for hydroxylation is 1. The zero-order chi connectivity index (χ0) is 17.9. The molecule has 0 unspecified atom stereocenters. The summed E-state index contributed by atoms with van der Waals surface area (Å²) in [5, 5.41) is 0. The average molecular weight is 423 g/mol. The highest BCUT2D eigenvalue weighted by Crippen LogP contribution is 2.22. The van der Waals surface area contributed by atoms with E-state index in [1.165, 1.54) is 5.56 Å². The van der Waals surface area contributed by atoms with Gasteiger partial charge in [0.05, 0.1) is 4.90 Å². The number of benzene rings is 2. The first kappa shape index (κ1) is 18.6. The van der Waals surface area contributed by atoms with E-state index in [9.17, 15) is 8.42 Å². The maximum absolute atomic E-state index is 12.7. The normalized spacial score (nSPS) is 16.9. The van der Waals surface area contributed by atoms with Gasteiger partial charge in [-0.3, -0.25) is 4.90 Å². The summed E-state index contributed by atoms with van der Waals surface area (Å²) in [6.07, 6.45) is 1.66. The zero-order valence-electron chi connectivity index (χ0n) is 14.3. The van der Waals surface area contributed by atoms with Gasteiger partial charge >= 0.3 is 0 Å². The fraction of sp³-hybridized carbons (Fsp3) is 0.368. The third kappa shape index (κ3) is 4.91. The Morgan fingerprint density at radius 1 is 1.12 bits per heavy atom. The third-order valence-corrected chi connectivity index (χ3v) is 6.75. The molecule has 0 aliphatic carbocycles. The van der Waals surface area contributed by atoms with Crippen molar-refractivity contribution >= 4 is 26.0 Å². The highest BCUT2D eigenvalue weighted by atomic mass is 79.9. The molecule has 25 heavy (non-hydrogen) atoms. The van der Waals surface area contributed by atoms with Crippen LogP contribution in [0, 0.1) is 6.92 Å². The Morgan fingerprint density at radius 3 is 2.48 bits per heavy atom. The topological polar surface area (TPSA) is 49.4 Å². The molecule has 1 saturated heterocycles. The Bertz CT molecular complexity index is 817. The first-order chi connectivity index (χ1) is 11.9. The lowest BCUT2D eigenvalue weighted by atomic mass is 10.1. The molecular formula is C19H23BrN2O2S. The summed E-state index contributed by atoms with van der Waals surface area (Å²) in [6, 6.07) is 15.7. The summed E-state index contributed by atoms with van der Waals surface area (Å²) in [6.45, 7) is 4.55. The highest BCUT2D eigenvalue weighted by Gasteiger charge is 2.25. The Hall–Kier alpha value is -1.21. The van der Waals surface area contributed by atoms with Crippen molar-refractivity contribution in [2.75, 3.05) is 13.1 Å². The van der Waals surface area contributed by atoms with Crippen LogP contribution >= 0.6 is 15.9 Å². The van der Waals surface area contributed by atoms with Gasteiger partial charge in [0.25, 0.3) is 0 Å². The lowest BCUT2D eigenvalue weighted by molar-refractivity contribution is 0.200. The molecule has 0 bridgehead atoms. The van der Waals surface area contributed by atoms with Crippen molar-refractivity contribution in [1.29, 1.82) is 0 Å². The molecule has 1 heterocycles. The van der Waals surface area contributed by atoms with Crippen LogP contribution in [0.5, 0.6) is 0 Å². The van der Waals surface area contributed by atoms with Crippen molar-refractivity contribution in [3.8, 4) is 0 Å². The number of rotatable bonds is 5. The molecular weight excluding hydrogens is 400 g/mol. The molecule has 6 heteroatoms. The minimum absolute atomic E-state index is 0.00425. The van der Waals surface area contributed by atoms with Crippen LogP contribution < -0.4 is 4.72 Å². The Kier molecular flexibility index (Phi) is 5.94. The van der Waals surface area contributed by atoms with Crippen LogP contribution in [0.1, 0.15) is 24.0 Å². The van der Waals surface area contributed by atoms with E-state index in [1.807, 2.05) is 25.1 Å². The Labute approximate surface area is 158 Å². The van der Waals surface area contributed by atoms with Gasteiger partial charge in [0.1, 0.15) is 0 Å². The molecule has 0 radical (unpaired) electrons. The number of nitrogens with one attached hydrogen (secondary N) is 1. The molecule has 2 aromatic carbocycles. The second-order valence-electron chi connectivity index (χ2n) is 6.57. The summed E-state index contributed by atoms with van der Waals surface area (Å²) >= 11 is 3.35. The van der Waals surface area contributed by atoms with Gasteiger partial charge < -0.3 is 0 Å². The number of nitrogens with zero attached hydrogens (tertiary/aromatic N) is 1. The smallest absolute Gasteiger partial charge is 0.241 e. The molecule has 0 aromatic heterocycles. The standard InChI is InChI=1S/C19H23BrN2O2S/c1-15-7-8-17(20)13-19(15)25(23,24)21-18-9-11-22(12-10-18)14-16-5-3-2-4-6-16/h2-8,13,18,21H,9-12,14H2,1H3. The molecule has 4 nitrogen and oxygen atoms in total. The van der Waals surface area contributed by atoms with Gasteiger partial charge in [0.2, 0.25) is 10.0 Å². The number of hydrogen-bond donors (Lipinski definition) is 1. The maximum atomic E-state index is 12.7. The minimum Gasteiger partial charge on any atom is -0.299 e. The minimum atomic E-state index is -3.49. The van der Waals surface area contributed by atoms with Crippen molar-refractivity contribution in [2.24, 2.45) is 0 Å². The number of piperidine rings is 1. The van der Waals surface area contributed by atoms with Gasteiger partial charge in [0, 0.05) is 30.1 Å². The van der Waals surface area contributed by atoms with Crippen LogP contribution in [0.2, 0.25) is 0 Å². The molecule has 0 amide bonds. The lowest BCUT2D eigenvalue weighted by Crippen LogP contribution is -2.44. The van der Waals surface area contributed by atoms with Gasteiger partial charge in [-0.25, -0.2) is 13.1 Å². The summed E-state index contributed by atoms with van der Waals surface area (Å²) in [5.74, 6) is 0.